The lowest BCUT2D eigenvalue weighted by molar-refractivity contribution is -0.262. The minimum absolute atomic E-state index is 0.103. The van der Waals surface area contributed by atoms with Gasteiger partial charge < -0.3 is 30.1 Å². The van der Waals surface area contributed by atoms with Crippen LogP contribution in [0, 0.1) is 17.8 Å². The topological polar surface area (TPSA) is 142 Å². The highest BCUT2D eigenvalue weighted by atomic mass is 16.7. The number of methoxy groups -OCH3 is 1. The Labute approximate surface area is 185 Å². The Hall–Kier alpha value is -2.17. The van der Waals surface area contributed by atoms with Crippen LogP contribution in [0.25, 0.3) is 0 Å². The van der Waals surface area contributed by atoms with Crippen molar-refractivity contribution in [1.29, 1.82) is 0 Å². The van der Waals surface area contributed by atoms with Gasteiger partial charge in [0.2, 0.25) is 5.91 Å². The number of benzene rings is 1. The normalized spacial score (nSPS) is 35.6. The van der Waals surface area contributed by atoms with Crippen LogP contribution in [0.15, 0.2) is 24.3 Å². The van der Waals surface area contributed by atoms with E-state index in [9.17, 15) is 29.7 Å². The first-order chi connectivity index (χ1) is 15.4. The standard InChI is InChI=1S/C23H29NO8/c1-31-23-17(21(29)20(28)15(10-25)32-23)24-22(30)12-8-6-11(7-9-12)16-18(26)13-4-2-3-5-14(13)19(16)27/h2-5,11-12,15-17,20-21,23,25,28-29H,6-10H2,1H3,(H,24,30). The second-order valence-electron chi connectivity index (χ2n) is 8.84. The molecule has 3 aliphatic rings. The second-order valence-corrected chi connectivity index (χ2v) is 8.84. The maximum atomic E-state index is 12.9. The van der Waals surface area contributed by atoms with Gasteiger partial charge in [-0.2, -0.15) is 0 Å². The Morgan fingerprint density at radius 3 is 2.19 bits per heavy atom. The first-order valence-corrected chi connectivity index (χ1v) is 11.0. The van der Waals surface area contributed by atoms with Crippen LogP contribution < -0.4 is 5.32 Å². The van der Waals surface area contributed by atoms with E-state index in [1.165, 1.54) is 7.11 Å². The molecule has 0 aromatic heterocycles. The number of Topliss-reactive ketones (excluding diaryl/α,β-unsaturated/α-hetero) is 2. The van der Waals surface area contributed by atoms with Crippen molar-refractivity contribution in [3.8, 4) is 0 Å². The number of hydrogen-bond donors (Lipinski definition) is 4. The summed E-state index contributed by atoms with van der Waals surface area (Å²) < 4.78 is 10.6. The molecular formula is C23H29NO8. The van der Waals surface area contributed by atoms with Crippen LogP contribution in [0.3, 0.4) is 0 Å². The van der Waals surface area contributed by atoms with Gasteiger partial charge in [-0.1, -0.05) is 24.3 Å². The van der Waals surface area contributed by atoms with Crippen molar-refractivity contribution < 1.29 is 39.2 Å². The van der Waals surface area contributed by atoms with E-state index < -0.39 is 43.2 Å². The average molecular weight is 447 g/mol. The number of rotatable bonds is 5. The lowest BCUT2D eigenvalue weighted by Crippen LogP contribution is -2.65. The molecule has 5 unspecified atom stereocenters. The van der Waals surface area contributed by atoms with Crippen molar-refractivity contribution in [3.05, 3.63) is 35.4 Å². The number of carbonyl (C=O) groups is 3. The molecule has 32 heavy (non-hydrogen) atoms. The highest BCUT2D eigenvalue weighted by molar-refractivity contribution is 6.26. The number of aliphatic hydroxyl groups is 3. The third-order valence-electron chi connectivity index (χ3n) is 7.06. The lowest BCUT2D eigenvalue weighted by atomic mass is 9.74. The van der Waals surface area contributed by atoms with Gasteiger partial charge in [0, 0.05) is 24.2 Å². The van der Waals surface area contributed by atoms with Crippen molar-refractivity contribution >= 4 is 17.5 Å². The van der Waals surface area contributed by atoms with Crippen LogP contribution in [-0.2, 0) is 14.3 Å². The third-order valence-corrected chi connectivity index (χ3v) is 7.06. The summed E-state index contributed by atoms with van der Waals surface area (Å²) in [7, 11) is 1.35. The Kier molecular flexibility index (Phi) is 6.73. The van der Waals surface area contributed by atoms with Gasteiger partial charge in [-0.3, -0.25) is 14.4 Å². The highest BCUT2D eigenvalue weighted by Gasteiger charge is 2.47. The molecule has 1 saturated heterocycles. The number of fused-ring (bicyclic) bond motifs is 1. The second kappa shape index (κ2) is 9.36. The largest absolute Gasteiger partial charge is 0.394 e. The Morgan fingerprint density at radius 1 is 1.06 bits per heavy atom. The number of aliphatic hydroxyl groups excluding tert-OH is 3. The molecule has 9 heteroatoms. The molecule has 1 aromatic rings. The molecule has 1 heterocycles. The first kappa shape index (κ1) is 23.0. The summed E-state index contributed by atoms with van der Waals surface area (Å²) in [4.78, 5) is 38.4. The summed E-state index contributed by atoms with van der Waals surface area (Å²) in [5.74, 6) is -1.69. The SMILES string of the molecule is COC1OC(CO)C(O)C(O)C1NC(=O)C1CCC(C2C(=O)c3ccccc3C2=O)CC1. The zero-order valence-corrected chi connectivity index (χ0v) is 17.8. The van der Waals surface area contributed by atoms with Crippen molar-refractivity contribution in [3.63, 3.8) is 0 Å². The molecule has 0 spiro atoms. The quantitative estimate of drug-likeness (QED) is 0.464. The van der Waals surface area contributed by atoms with Gasteiger partial charge in [0.05, 0.1) is 12.5 Å². The Balaban J connectivity index is 1.36. The number of amides is 1. The van der Waals surface area contributed by atoms with Gasteiger partial charge >= 0.3 is 0 Å². The van der Waals surface area contributed by atoms with Crippen molar-refractivity contribution in [2.45, 2.75) is 56.3 Å². The molecule has 0 radical (unpaired) electrons. The fourth-order valence-electron chi connectivity index (χ4n) is 5.23. The Bertz CT molecular complexity index is 844. The van der Waals surface area contributed by atoms with E-state index in [2.05, 4.69) is 5.32 Å². The first-order valence-electron chi connectivity index (χ1n) is 11.0. The van der Waals surface area contributed by atoms with E-state index >= 15 is 0 Å². The van der Waals surface area contributed by atoms with Gasteiger partial charge in [-0.15, -0.1) is 0 Å². The molecule has 2 fully saturated rings. The molecule has 1 aliphatic heterocycles. The molecule has 0 bridgehead atoms. The van der Waals surface area contributed by atoms with Crippen LogP contribution in [0.2, 0.25) is 0 Å². The van der Waals surface area contributed by atoms with Gasteiger partial charge in [-0.05, 0) is 31.6 Å². The molecule has 9 nitrogen and oxygen atoms in total. The summed E-state index contributed by atoms with van der Waals surface area (Å²) >= 11 is 0. The number of ether oxygens (including phenoxy) is 2. The molecule has 4 N–H and O–H groups in total. The fourth-order valence-corrected chi connectivity index (χ4v) is 5.23. The van der Waals surface area contributed by atoms with E-state index in [1.54, 1.807) is 24.3 Å². The average Bonchev–Trinajstić information content (AvgIpc) is 3.07. The van der Waals surface area contributed by atoms with Gasteiger partial charge in [0.1, 0.15) is 24.4 Å². The van der Waals surface area contributed by atoms with Crippen LogP contribution in [0.5, 0.6) is 0 Å². The van der Waals surface area contributed by atoms with Crippen LogP contribution in [0.4, 0.5) is 0 Å². The Morgan fingerprint density at radius 2 is 1.66 bits per heavy atom. The lowest BCUT2D eigenvalue weighted by Gasteiger charge is -2.42. The predicted molar refractivity (Wildman–Crippen MR) is 111 cm³/mol. The van der Waals surface area contributed by atoms with Crippen LogP contribution >= 0.6 is 0 Å². The summed E-state index contributed by atoms with van der Waals surface area (Å²) in [6, 6.07) is 5.90. The number of ketones is 2. The molecule has 1 amide bonds. The van der Waals surface area contributed by atoms with Gasteiger partial charge in [-0.25, -0.2) is 0 Å². The van der Waals surface area contributed by atoms with E-state index in [0.29, 0.717) is 36.8 Å². The minimum atomic E-state index is -1.37. The van der Waals surface area contributed by atoms with E-state index in [-0.39, 0.29) is 29.3 Å². The molecule has 1 saturated carbocycles. The zero-order chi connectivity index (χ0) is 23.0. The maximum absolute atomic E-state index is 12.9. The summed E-state index contributed by atoms with van der Waals surface area (Å²) in [5, 5.41) is 32.5. The maximum Gasteiger partial charge on any atom is 0.223 e. The monoisotopic (exact) mass is 447 g/mol. The summed E-state index contributed by atoms with van der Waals surface area (Å²) in [6.07, 6.45) is -2.60. The predicted octanol–water partition coefficient (Wildman–Crippen LogP) is 0.0584. The summed E-state index contributed by atoms with van der Waals surface area (Å²) in [6.45, 7) is -0.495. The van der Waals surface area contributed by atoms with Crippen molar-refractivity contribution in [2.24, 2.45) is 17.8 Å². The molecular weight excluding hydrogens is 418 g/mol. The zero-order valence-electron chi connectivity index (χ0n) is 17.8. The number of nitrogens with one attached hydrogen (secondary N) is 1. The van der Waals surface area contributed by atoms with Gasteiger partial charge in [0.25, 0.3) is 0 Å². The van der Waals surface area contributed by atoms with Crippen LogP contribution in [-0.4, -0.2) is 77.2 Å². The van der Waals surface area contributed by atoms with E-state index in [1.807, 2.05) is 0 Å². The molecule has 5 atom stereocenters. The van der Waals surface area contributed by atoms with E-state index in [4.69, 9.17) is 9.47 Å². The molecule has 4 rings (SSSR count). The third kappa shape index (κ3) is 3.99. The van der Waals surface area contributed by atoms with Gasteiger partial charge in [0.15, 0.2) is 17.9 Å². The van der Waals surface area contributed by atoms with E-state index in [0.717, 1.165) is 0 Å². The van der Waals surface area contributed by atoms with Crippen molar-refractivity contribution in [2.75, 3.05) is 13.7 Å². The molecule has 1 aromatic carbocycles. The van der Waals surface area contributed by atoms with Crippen LogP contribution in [0.1, 0.15) is 46.4 Å². The number of hydrogen-bond acceptors (Lipinski definition) is 8. The van der Waals surface area contributed by atoms with Crippen molar-refractivity contribution in [1.82, 2.24) is 5.32 Å². The minimum Gasteiger partial charge on any atom is -0.394 e. The molecule has 174 valence electrons. The highest BCUT2D eigenvalue weighted by Crippen LogP contribution is 2.40. The smallest absolute Gasteiger partial charge is 0.223 e. The molecule has 2 aliphatic carbocycles. The number of carbonyl (C=O) groups excluding carboxylic acids is 3. The fraction of sp³-hybridized carbons (Fsp3) is 0.609. The summed E-state index contributed by atoms with van der Waals surface area (Å²) in [5.41, 5.74) is 0.970.